The van der Waals surface area contributed by atoms with E-state index < -0.39 is 0 Å². The van der Waals surface area contributed by atoms with Crippen LogP contribution in [-0.4, -0.2) is 19.8 Å². The lowest BCUT2D eigenvalue weighted by atomic mass is 9.85. The van der Waals surface area contributed by atoms with E-state index in [4.69, 9.17) is 26.8 Å². The molecule has 1 aliphatic carbocycles. The summed E-state index contributed by atoms with van der Waals surface area (Å²) in [7, 11) is 0. The molecule has 1 saturated carbocycles. The zero-order valence-electron chi connectivity index (χ0n) is 11.5. The highest BCUT2D eigenvalue weighted by atomic mass is 35.5. The standard InChI is InChI=1S/C15H20ClNO2/c1-9(2)12-13(15(8-17)3-4-15)10(16)7-11-14(12)19-6-5-18-11/h7,9H,3-6,8,17H2,1-2H3. The Morgan fingerprint density at radius 2 is 2.00 bits per heavy atom. The fourth-order valence-corrected chi connectivity index (χ4v) is 3.38. The molecule has 2 aliphatic rings. The number of hydrogen-bond donors (Lipinski definition) is 1. The second-order valence-electron chi connectivity index (χ2n) is 5.81. The number of rotatable bonds is 3. The van der Waals surface area contributed by atoms with Gasteiger partial charge in [-0.15, -0.1) is 0 Å². The number of ether oxygens (including phenoxy) is 2. The van der Waals surface area contributed by atoms with Crippen LogP contribution in [-0.2, 0) is 5.41 Å². The van der Waals surface area contributed by atoms with Gasteiger partial charge in [0.05, 0.1) is 0 Å². The van der Waals surface area contributed by atoms with Crippen molar-refractivity contribution in [3.8, 4) is 11.5 Å². The van der Waals surface area contributed by atoms with Crippen molar-refractivity contribution in [2.45, 2.75) is 38.0 Å². The first-order valence-corrected chi connectivity index (χ1v) is 7.29. The van der Waals surface area contributed by atoms with E-state index in [0.717, 1.165) is 29.4 Å². The molecule has 1 heterocycles. The molecule has 4 heteroatoms. The Labute approximate surface area is 119 Å². The first-order chi connectivity index (χ1) is 9.09. The van der Waals surface area contributed by atoms with Crippen LogP contribution >= 0.6 is 11.6 Å². The van der Waals surface area contributed by atoms with Crippen molar-refractivity contribution in [2.24, 2.45) is 5.73 Å². The van der Waals surface area contributed by atoms with E-state index in [1.807, 2.05) is 6.07 Å². The molecule has 0 bridgehead atoms. The highest BCUT2D eigenvalue weighted by Gasteiger charge is 2.47. The molecule has 19 heavy (non-hydrogen) atoms. The lowest BCUT2D eigenvalue weighted by Gasteiger charge is -2.28. The summed E-state index contributed by atoms with van der Waals surface area (Å²) in [6, 6.07) is 1.90. The highest BCUT2D eigenvalue weighted by molar-refractivity contribution is 6.32. The van der Waals surface area contributed by atoms with Gasteiger partial charge in [-0.3, -0.25) is 0 Å². The first-order valence-electron chi connectivity index (χ1n) is 6.91. The van der Waals surface area contributed by atoms with Crippen LogP contribution in [0.2, 0.25) is 5.02 Å². The Morgan fingerprint density at radius 3 is 2.58 bits per heavy atom. The molecular formula is C15H20ClNO2. The van der Waals surface area contributed by atoms with Crippen LogP contribution in [0.4, 0.5) is 0 Å². The van der Waals surface area contributed by atoms with Gasteiger partial charge < -0.3 is 15.2 Å². The zero-order valence-corrected chi connectivity index (χ0v) is 12.2. The van der Waals surface area contributed by atoms with Crippen LogP contribution in [0, 0.1) is 0 Å². The van der Waals surface area contributed by atoms with Crippen LogP contribution in [0.5, 0.6) is 11.5 Å². The van der Waals surface area contributed by atoms with Gasteiger partial charge in [-0.05, 0) is 24.3 Å². The molecule has 1 fully saturated rings. The third-order valence-corrected chi connectivity index (χ3v) is 4.47. The van der Waals surface area contributed by atoms with Gasteiger partial charge in [0.1, 0.15) is 13.2 Å². The molecule has 2 N–H and O–H groups in total. The van der Waals surface area contributed by atoms with Gasteiger partial charge in [-0.2, -0.15) is 0 Å². The molecule has 0 spiro atoms. The summed E-state index contributed by atoms with van der Waals surface area (Å²) in [5.74, 6) is 1.99. The summed E-state index contributed by atoms with van der Waals surface area (Å²) in [5.41, 5.74) is 8.42. The van der Waals surface area contributed by atoms with Crippen molar-refractivity contribution in [3.63, 3.8) is 0 Å². The van der Waals surface area contributed by atoms with Gasteiger partial charge in [-0.1, -0.05) is 25.4 Å². The monoisotopic (exact) mass is 281 g/mol. The van der Waals surface area contributed by atoms with Crippen molar-refractivity contribution in [3.05, 3.63) is 22.2 Å². The van der Waals surface area contributed by atoms with E-state index in [-0.39, 0.29) is 5.41 Å². The normalized spacial score (nSPS) is 19.6. The minimum atomic E-state index is 0.0620. The molecule has 0 saturated heterocycles. The second-order valence-corrected chi connectivity index (χ2v) is 6.22. The van der Waals surface area contributed by atoms with Crippen molar-refractivity contribution >= 4 is 11.6 Å². The number of benzene rings is 1. The lowest BCUT2D eigenvalue weighted by molar-refractivity contribution is 0.169. The largest absolute Gasteiger partial charge is 0.486 e. The molecule has 0 aromatic heterocycles. The first kappa shape index (κ1) is 13.1. The zero-order chi connectivity index (χ0) is 13.6. The Balaban J connectivity index is 2.23. The van der Waals surface area contributed by atoms with Gasteiger partial charge in [0.25, 0.3) is 0 Å². The van der Waals surface area contributed by atoms with Crippen molar-refractivity contribution < 1.29 is 9.47 Å². The molecule has 1 aliphatic heterocycles. The Kier molecular flexibility index (Phi) is 3.14. The SMILES string of the molecule is CC(C)c1c2c(cc(Cl)c1C1(CN)CC1)OCCO2. The summed E-state index contributed by atoms with van der Waals surface area (Å²) in [6.07, 6.45) is 2.23. The fraction of sp³-hybridized carbons (Fsp3) is 0.600. The van der Waals surface area contributed by atoms with E-state index in [0.29, 0.717) is 25.7 Å². The number of nitrogens with two attached hydrogens (primary N) is 1. The molecule has 3 nitrogen and oxygen atoms in total. The van der Waals surface area contributed by atoms with Gasteiger partial charge in [0.15, 0.2) is 11.5 Å². The fourth-order valence-electron chi connectivity index (χ4n) is 2.98. The predicted octanol–water partition coefficient (Wildman–Crippen LogP) is 3.22. The van der Waals surface area contributed by atoms with E-state index in [1.165, 1.54) is 11.1 Å². The summed E-state index contributed by atoms with van der Waals surface area (Å²) < 4.78 is 11.5. The number of halogens is 1. The molecule has 104 valence electrons. The van der Waals surface area contributed by atoms with E-state index in [9.17, 15) is 0 Å². The van der Waals surface area contributed by atoms with E-state index in [1.54, 1.807) is 0 Å². The third kappa shape index (κ3) is 2.00. The molecular weight excluding hydrogens is 262 g/mol. The average molecular weight is 282 g/mol. The minimum absolute atomic E-state index is 0.0620. The summed E-state index contributed by atoms with van der Waals surface area (Å²) >= 11 is 6.52. The number of fused-ring (bicyclic) bond motifs is 1. The van der Waals surface area contributed by atoms with Crippen molar-refractivity contribution in [1.82, 2.24) is 0 Å². The smallest absolute Gasteiger partial charge is 0.165 e. The highest BCUT2D eigenvalue weighted by Crippen LogP contribution is 2.56. The van der Waals surface area contributed by atoms with Gasteiger partial charge in [0, 0.05) is 28.6 Å². The van der Waals surface area contributed by atoms with Crippen LogP contribution in [0.3, 0.4) is 0 Å². The molecule has 3 rings (SSSR count). The molecule has 0 atom stereocenters. The lowest BCUT2D eigenvalue weighted by Crippen LogP contribution is -2.24. The topological polar surface area (TPSA) is 44.5 Å². The average Bonchev–Trinajstić information content (AvgIpc) is 3.17. The summed E-state index contributed by atoms with van der Waals surface area (Å²) in [5, 5.41) is 0.774. The maximum absolute atomic E-state index is 6.52. The van der Waals surface area contributed by atoms with Gasteiger partial charge in [-0.25, -0.2) is 0 Å². The molecule has 0 radical (unpaired) electrons. The van der Waals surface area contributed by atoms with Crippen molar-refractivity contribution in [2.75, 3.05) is 19.8 Å². The molecule has 0 unspecified atom stereocenters. The molecule has 0 amide bonds. The Bertz CT molecular complexity index is 509. The van der Waals surface area contributed by atoms with Crippen LogP contribution < -0.4 is 15.2 Å². The van der Waals surface area contributed by atoms with Crippen molar-refractivity contribution in [1.29, 1.82) is 0 Å². The molecule has 1 aromatic carbocycles. The number of hydrogen-bond acceptors (Lipinski definition) is 3. The third-order valence-electron chi connectivity index (χ3n) is 4.17. The summed E-state index contributed by atoms with van der Waals surface area (Å²) in [4.78, 5) is 0. The molecule has 1 aromatic rings. The quantitative estimate of drug-likeness (QED) is 0.925. The summed E-state index contributed by atoms with van der Waals surface area (Å²) in [6.45, 7) is 6.16. The Hall–Kier alpha value is -0.930. The van der Waals surface area contributed by atoms with Crippen LogP contribution in [0.25, 0.3) is 0 Å². The van der Waals surface area contributed by atoms with Gasteiger partial charge >= 0.3 is 0 Å². The Morgan fingerprint density at radius 1 is 1.32 bits per heavy atom. The van der Waals surface area contributed by atoms with Crippen LogP contribution in [0.15, 0.2) is 6.07 Å². The van der Waals surface area contributed by atoms with Gasteiger partial charge in [0.2, 0.25) is 0 Å². The maximum Gasteiger partial charge on any atom is 0.165 e. The minimum Gasteiger partial charge on any atom is -0.486 e. The maximum atomic E-state index is 6.52. The second kappa shape index (κ2) is 4.57. The predicted molar refractivity (Wildman–Crippen MR) is 76.5 cm³/mol. The van der Waals surface area contributed by atoms with E-state index in [2.05, 4.69) is 13.8 Å². The van der Waals surface area contributed by atoms with E-state index >= 15 is 0 Å². The van der Waals surface area contributed by atoms with Crippen LogP contribution in [0.1, 0.15) is 43.7 Å².